The molecule has 5 aromatic rings. The molecule has 4 heteroatoms. The third-order valence-corrected chi connectivity index (χ3v) is 4.48. The van der Waals surface area contributed by atoms with Gasteiger partial charge >= 0.3 is 5.63 Å². The molecule has 124 valence electrons. The van der Waals surface area contributed by atoms with Crippen molar-refractivity contribution in [2.24, 2.45) is 0 Å². The standard InChI is InChI=1S/C22H13NO3/c24-22-19-20(15-9-5-2-6-10-15)23-26-21(19)17-12-11-16(13-18(17)25-22)14-7-3-1-4-8-14/h1-13H. The van der Waals surface area contributed by atoms with E-state index in [0.717, 1.165) is 22.1 Å². The Balaban J connectivity index is 1.77. The zero-order valence-corrected chi connectivity index (χ0v) is 13.7. The minimum absolute atomic E-state index is 0.371. The lowest BCUT2D eigenvalue weighted by atomic mass is 10.0. The highest BCUT2D eigenvalue weighted by Crippen LogP contribution is 2.32. The number of aromatic nitrogens is 1. The van der Waals surface area contributed by atoms with Crippen LogP contribution in [0.25, 0.3) is 44.3 Å². The van der Waals surface area contributed by atoms with E-state index >= 15 is 0 Å². The summed E-state index contributed by atoms with van der Waals surface area (Å²) in [6, 6.07) is 25.2. The van der Waals surface area contributed by atoms with Gasteiger partial charge in [-0.15, -0.1) is 0 Å². The Morgan fingerprint density at radius 2 is 1.42 bits per heavy atom. The average Bonchev–Trinajstić information content (AvgIpc) is 3.15. The molecule has 5 rings (SSSR count). The monoisotopic (exact) mass is 339 g/mol. The highest BCUT2D eigenvalue weighted by atomic mass is 16.5. The van der Waals surface area contributed by atoms with Crippen molar-refractivity contribution < 1.29 is 8.94 Å². The third kappa shape index (κ3) is 2.24. The van der Waals surface area contributed by atoms with Gasteiger partial charge in [0, 0.05) is 5.56 Å². The zero-order chi connectivity index (χ0) is 17.5. The molecule has 2 heterocycles. The summed E-state index contributed by atoms with van der Waals surface area (Å²) in [6.45, 7) is 0. The van der Waals surface area contributed by atoms with Gasteiger partial charge in [-0.05, 0) is 23.3 Å². The van der Waals surface area contributed by atoms with E-state index in [0.29, 0.717) is 22.2 Å². The number of benzene rings is 3. The topological polar surface area (TPSA) is 56.2 Å². The summed E-state index contributed by atoms with van der Waals surface area (Å²) < 4.78 is 11.1. The van der Waals surface area contributed by atoms with Gasteiger partial charge in [0.05, 0.1) is 5.39 Å². The summed E-state index contributed by atoms with van der Waals surface area (Å²) in [5.74, 6) is 0. The fraction of sp³-hybridized carbons (Fsp3) is 0. The molecule has 26 heavy (non-hydrogen) atoms. The SMILES string of the molecule is O=c1oc2cc(-c3ccccc3)ccc2c2onc(-c3ccccc3)c12. The first-order valence-corrected chi connectivity index (χ1v) is 8.28. The van der Waals surface area contributed by atoms with Gasteiger partial charge in [0.25, 0.3) is 0 Å². The Labute approximate surface area is 148 Å². The van der Waals surface area contributed by atoms with Crippen molar-refractivity contribution in [2.45, 2.75) is 0 Å². The quantitative estimate of drug-likeness (QED) is 0.411. The Morgan fingerprint density at radius 3 is 2.15 bits per heavy atom. The first kappa shape index (κ1) is 14.7. The average molecular weight is 339 g/mol. The molecule has 0 aliphatic heterocycles. The molecule has 0 bridgehead atoms. The van der Waals surface area contributed by atoms with Crippen LogP contribution in [0.5, 0.6) is 0 Å². The van der Waals surface area contributed by atoms with Crippen LogP contribution in [0, 0.1) is 0 Å². The summed E-state index contributed by atoms with van der Waals surface area (Å²) in [6.07, 6.45) is 0. The number of hydrogen-bond donors (Lipinski definition) is 0. The van der Waals surface area contributed by atoms with Gasteiger partial charge in [0.2, 0.25) is 0 Å². The summed E-state index contributed by atoms with van der Waals surface area (Å²) in [5.41, 5.74) is 3.84. The zero-order valence-electron chi connectivity index (χ0n) is 13.7. The Bertz CT molecular complexity index is 1290. The summed E-state index contributed by atoms with van der Waals surface area (Å²) >= 11 is 0. The van der Waals surface area contributed by atoms with Crippen molar-refractivity contribution in [3.05, 3.63) is 89.3 Å². The number of rotatable bonds is 2. The largest absolute Gasteiger partial charge is 0.422 e. The molecule has 2 aromatic heterocycles. The number of hydrogen-bond acceptors (Lipinski definition) is 4. The first-order chi connectivity index (χ1) is 12.8. The van der Waals surface area contributed by atoms with Gasteiger partial charge in [-0.3, -0.25) is 0 Å². The molecule has 3 aromatic carbocycles. The Kier molecular flexibility index (Phi) is 3.22. The highest BCUT2D eigenvalue weighted by Gasteiger charge is 2.19. The minimum atomic E-state index is -0.446. The van der Waals surface area contributed by atoms with E-state index in [1.54, 1.807) is 0 Å². The van der Waals surface area contributed by atoms with Crippen molar-refractivity contribution in [1.82, 2.24) is 5.16 Å². The van der Waals surface area contributed by atoms with Crippen LogP contribution in [0.15, 0.2) is 92.6 Å². The molecular weight excluding hydrogens is 326 g/mol. The molecular formula is C22H13NO3. The lowest BCUT2D eigenvalue weighted by Gasteiger charge is -2.03. The second-order valence-corrected chi connectivity index (χ2v) is 6.07. The maximum atomic E-state index is 12.6. The fourth-order valence-corrected chi connectivity index (χ4v) is 3.21. The molecule has 0 unspecified atom stereocenters. The van der Waals surface area contributed by atoms with E-state index in [1.807, 2.05) is 78.9 Å². The predicted octanol–water partition coefficient (Wildman–Crippen LogP) is 5.27. The molecule has 0 aliphatic carbocycles. The van der Waals surface area contributed by atoms with Gasteiger partial charge in [-0.2, -0.15) is 0 Å². The second kappa shape index (κ2) is 5.70. The lowest BCUT2D eigenvalue weighted by Crippen LogP contribution is -1.99. The Morgan fingerprint density at radius 1 is 0.731 bits per heavy atom. The molecule has 0 fully saturated rings. The summed E-state index contributed by atoms with van der Waals surface area (Å²) in [7, 11) is 0. The lowest BCUT2D eigenvalue weighted by molar-refractivity contribution is 0.460. The summed E-state index contributed by atoms with van der Waals surface area (Å²) in [4.78, 5) is 12.6. The smallest absolute Gasteiger partial charge is 0.349 e. The maximum Gasteiger partial charge on any atom is 0.349 e. The van der Waals surface area contributed by atoms with E-state index in [1.165, 1.54) is 0 Å². The van der Waals surface area contributed by atoms with E-state index < -0.39 is 5.63 Å². The van der Waals surface area contributed by atoms with E-state index in [-0.39, 0.29) is 0 Å². The van der Waals surface area contributed by atoms with Crippen LogP contribution in [0.1, 0.15) is 0 Å². The van der Waals surface area contributed by atoms with Crippen LogP contribution in [0.4, 0.5) is 0 Å². The molecule has 0 atom stereocenters. The molecule has 0 saturated heterocycles. The molecule has 0 aliphatic rings. The van der Waals surface area contributed by atoms with Gasteiger partial charge in [-0.25, -0.2) is 4.79 Å². The van der Waals surface area contributed by atoms with Crippen LogP contribution in [-0.4, -0.2) is 5.16 Å². The van der Waals surface area contributed by atoms with Crippen molar-refractivity contribution >= 4 is 21.9 Å². The Hall–Kier alpha value is -3.66. The summed E-state index contributed by atoms with van der Waals surface area (Å²) in [5, 5.41) is 5.22. The molecule has 0 amide bonds. The van der Waals surface area contributed by atoms with Crippen molar-refractivity contribution in [2.75, 3.05) is 0 Å². The van der Waals surface area contributed by atoms with Crippen molar-refractivity contribution in [3.63, 3.8) is 0 Å². The van der Waals surface area contributed by atoms with Crippen LogP contribution >= 0.6 is 0 Å². The van der Waals surface area contributed by atoms with Crippen LogP contribution in [0.3, 0.4) is 0 Å². The van der Waals surface area contributed by atoms with Crippen LogP contribution in [-0.2, 0) is 0 Å². The first-order valence-electron chi connectivity index (χ1n) is 8.28. The molecule has 0 radical (unpaired) electrons. The molecule has 0 saturated carbocycles. The fourth-order valence-electron chi connectivity index (χ4n) is 3.21. The highest BCUT2D eigenvalue weighted by molar-refractivity contribution is 6.06. The van der Waals surface area contributed by atoms with E-state index in [2.05, 4.69) is 5.16 Å². The number of nitrogens with zero attached hydrogens (tertiary/aromatic N) is 1. The van der Waals surface area contributed by atoms with Crippen molar-refractivity contribution in [3.8, 4) is 22.4 Å². The van der Waals surface area contributed by atoms with Gasteiger partial charge in [-0.1, -0.05) is 71.9 Å². The van der Waals surface area contributed by atoms with Gasteiger partial charge in [0.15, 0.2) is 5.58 Å². The molecule has 0 N–H and O–H groups in total. The molecule has 0 spiro atoms. The number of fused-ring (bicyclic) bond motifs is 3. The normalized spacial score (nSPS) is 11.2. The second-order valence-electron chi connectivity index (χ2n) is 6.07. The van der Waals surface area contributed by atoms with Gasteiger partial charge < -0.3 is 8.94 Å². The van der Waals surface area contributed by atoms with E-state index in [9.17, 15) is 4.79 Å². The third-order valence-electron chi connectivity index (χ3n) is 4.48. The van der Waals surface area contributed by atoms with Crippen LogP contribution in [0.2, 0.25) is 0 Å². The minimum Gasteiger partial charge on any atom is -0.422 e. The maximum absolute atomic E-state index is 12.6. The van der Waals surface area contributed by atoms with Gasteiger partial charge in [0.1, 0.15) is 16.7 Å². The van der Waals surface area contributed by atoms with Crippen molar-refractivity contribution in [1.29, 1.82) is 0 Å². The predicted molar refractivity (Wildman–Crippen MR) is 101 cm³/mol. The molecule has 4 nitrogen and oxygen atoms in total. The van der Waals surface area contributed by atoms with Crippen LogP contribution < -0.4 is 5.63 Å². The van der Waals surface area contributed by atoms with E-state index in [4.69, 9.17) is 8.94 Å².